The number of nitrogens with one attached hydrogen (secondary N) is 1. The fourth-order valence-corrected chi connectivity index (χ4v) is 3.68. The van der Waals surface area contributed by atoms with E-state index in [1.54, 1.807) is 24.7 Å². The number of hydrogen-bond donors (Lipinski definition) is 1. The van der Waals surface area contributed by atoms with E-state index in [4.69, 9.17) is 0 Å². The smallest absolute Gasteiger partial charge is 0.223 e. The minimum absolute atomic E-state index is 0.0735. The molecule has 1 fully saturated rings. The molecular formula is C21H22FN5O. The van der Waals surface area contributed by atoms with Gasteiger partial charge in [0.05, 0.1) is 17.9 Å². The average Bonchev–Trinajstić information content (AvgIpc) is 3.23. The van der Waals surface area contributed by atoms with Gasteiger partial charge in [-0.3, -0.25) is 4.79 Å². The number of imidazole rings is 1. The van der Waals surface area contributed by atoms with Crippen LogP contribution in [0.1, 0.15) is 43.1 Å². The molecule has 1 unspecified atom stereocenters. The number of carbonyl (C=O) groups is 1. The topological polar surface area (TPSA) is 74.8 Å². The SMILES string of the molecule is O=C(CCc1cncnc1)N1CCCCC1c1ncc(-c2cccc(F)c2)[nH]1. The number of piperidine rings is 1. The maximum atomic E-state index is 13.5. The third-order valence-corrected chi connectivity index (χ3v) is 5.11. The van der Waals surface area contributed by atoms with Gasteiger partial charge in [0.25, 0.3) is 0 Å². The van der Waals surface area contributed by atoms with Gasteiger partial charge in [-0.15, -0.1) is 0 Å². The number of rotatable bonds is 5. The van der Waals surface area contributed by atoms with E-state index in [0.29, 0.717) is 12.8 Å². The van der Waals surface area contributed by atoms with Crippen LogP contribution in [-0.2, 0) is 11.2 Å². The Balaban J connectivity index is 1.48. The Kier molecular flexibility index (Phi) is 5.41. The Labute approximate surface area is 162 Å². The highest BCUT2D eigenvalue weighted by Gasteiger charge is 2.29. The highest BCUT2D eigenvalue weighted by molar-refractivity contribution is 5.77. The molecule has 1 aromatic carbocycles. The molecule has 0 aliphatic carbocycles. The van der Waals surface area contributed by atoms with E-state index in [0.717, 1.165) is 48.5 Å². The van der Waals surface area contributed by atoms with E-state index in [1.165, 1.54) is 18.5 Å². The van der Waals surface area contributed by atoms with Crippen LogP contribution >= 0.6 is 0 Å². The monoisotopic (exact) mass is 379 g/mol. The normalized spacial score (nSPS) is 16.9. The molecule has 0 bridgehead atoms. The first-order valence-electron chi connectivity index (χ1n) is 9.55. The highest BCUT2D eigenvalue weighted by Crippen LogP contribution is 2.31. The van der Waals surface area contributed by atoms with Crippen LogP contribution in [0.25, 0.3) is 11.3 Å². The number of benzene rings is 1. The summed E-state index contributed by atoms with van der Waals surface area (Å²) in [7, 11) is 0. The van der Waals surface area contributed by atoms with Gasteiger partial charge in [0.1, 0.15) is 18.0 Å². The first-order chi connectivity index (χ1) is 13.7. The van der Waals surface area contributed by atoms with Crippen LogP contribution in [0, 0.1) is 5.82 Å². The molecule has 6 nitrogen and oxygen atoms in total. The third kappa shape index (κ3) is 4.08. The zero-order valence-corrected chi connectivity index (χ0v) is 15.5. The van der Waals surface area contributed by atoms with Crippen molar-refractivity contribution in [3.63, 3.8) is 0 Å². The summed E-state index contributed by atoms with van der Waals surface area (Å²) in [5.74, 6) is 0.584. The Hall–Kier alpha value is -3.09. The lowest BCUT2D eigenvalue weighted by Gasteiger charge is -2.34. The summed E-state index contributed by atoms with van der Waals surface area (Å²) in [6.07, 6.45) is 10.6. The molecule has 2 aromatic heterocycles. The fourth-order valence-electron chi connectivity index (χ4n) is 3.68. The van der Waals surface area contributed by atoms with Crippen LogP contribution in [-0.4, -0.2) is 37.3 Å². The summed E-state index contributed by atoms with van der Waals surface area (Å²) in [5.41, 5.74) is 2.46. The van der Waals surface area contributed by atoms with Crippen LogP contribution in [0.2, 0.25) is 0 Å². The van der Waals surface area contributed by atoms with Crippen molar-refractivity contribution in [1.82, 2.24) is 24.8 Å². The number of likely N-dealkylation sites (tertiary alicyclic amines) is 1. The van der Waals surface area contributed by atoms with Crippen molar-refractivity contribution in [1.29, 1.82) is 0 Å². The molecule has 1 aliphatic heterocycles. The zero-order chi connectivity index (χ0) is 19.3. The van der Waals surface area contributed by atoms with Crippen LogP contribution in [0.15, 0.2) is 49.2 Å². The molecule has 1 saturated heterocycles. The molecule has 144 valence electrons. The second-order valence-electron chi connectivity index (χ2n) is 7.04. The summed E-state index contributed by atoms with van der Waals surface area (Å²) in [4.78, 5) is 30.6. The van der Waals surface area contributed by atoms with Crippen molar-refractivity contribution in [3.05, 3.63) is 66.4 Å². The number of amides is 1. The Morgan fingerprint density at radius 2 is 2.07 bits per heavy atom. The molecule has 0 radical (unpaired) electrons. The molecular weight excluding hydrogens is 357 g/mol. The molecule has 1 amide bonds. The van der Waals surface area contributed by atoms with Gasteiger partial charge >= 0.3 is 0 Å². The van der Waals surface area contributed by atoms with Crippen molar-refractivity contribution >= 4 is 5.91 Å². The molecule has 28 heavy (non-hydrogen) atoms. The Bertz CT molecular complexity index is 943. The van der Waals surface area contributed by atoms with E-state index in [1.807, 2.05) is 11.0 Å². The van der Waals surface area contributed by atoms with E-state index in [-0.39, 0.29) is 17.8 Å². The fraction of sp³-hybridized carbons (Fsp3) is 0.333. The van der Waals surface area contributed by atoms with Crippen LogP contribution < -0.4 is 0 Å². The quantitative estimate of drug-likeness (QED) is 0.734. The molecule has 1 atom stereocenters. The van der Waals surface area contributed by atoms with E-state index in [2.05, 4.69) is 19.9 Å². The predicted octanol–water partition coefficient (Wildman–Crippen LogP) is 3.69. The number of aryl methyl sites for hydroxylation is 1. The van der Waals surface area contributed by atoms with E-state index >= 15 is 0 Å². The second-order valence-corrected chi connectivity index (χ2v) is 7.04. The average molecular weight is 379 g/mol. The molecule has 1 N–H and O–H groups in total. The highest BCUT2D eigenvalue weighted by atomic mass is 19.1. The van der Waals surface area contributed by atoms with E-state index < -0.39 is 0 Å². The van der Waals surface area contributed by atoms with Crippen molar-refractivity contribution in [3.8, 4) is 11.3 Å². The largest absolute Gasteiger partial charge is 0.340 e. The first-order valence-corrected chi connectivity index (χ1v) is 9.55. The lowest BCUT2D eigenvalue weighted by molar-refractivity contribution is -0.135. The van der Waals surface area contributed by atoms with E-state index in [9.17, 15) is 9.18 Å². The van der Waals surface area contributed by atoms with Crippen LogP contribution in [0.5, 0.6) is 0 Å². The number of halogens is 1. The van der Waals surface area contributed by atoms with Crippen LogP contribution in [0.3, 0.4) is 0 Å². The van der Waals surface area contributed by atoms with Gasteiger partial charge in [0.15, 0.2) is 0 Å². The van der Waals surface area contributed by atoms with Gasteiger partial charge in [-0.05, 0) is 43.4 Å². The van der Waals surface area contributed by atoms with Gasteiger partial charge in [-0.2, -0.15) is 0 Å². The minimum atomic E-state index is -0.284. The number of carbonyl (C=O) groups excluding carboxylic acids is 1. The first kappa shape index (κ1) is 18.3. The van der Waals surface area contributed by atoms with Gasteiger partial charge in [0, 0.05) is 30.9 Å². The minimum Gasteiger partial charge on any atom is -0.340 e. The number of nitrogens with zero attached hydrogens (tertiary/aromatic N) is 4. The summed E-state index contributed by atoms with van der Waals surface area (Å²) < 4.78 is 13.5. The Morgan fingerprint density at radius 1 is 1.21 bits per heavy atom. The molecule has 0 spiro atoms. The van der Waals surface area contributed by atoms with Crippen molar-refractivity contribution in [2.45, 2.75) is 38.1 Å². The molecule has 1 aliphatic rings. The predicted molar refractivity (Wildman–Crippen MR) is 103 cm³/mol. The maximum absolute atomic E-state index is 13.5. The summed E-state index contributed by atoms with van der Waals surface area (Å²) >= 11 is 0. The maximum Gasteiger partial charge on any atom is 0.223 e. The van der Waals surface area contributed by atoms with Gasteiger partial charge in [-0.25, -0.2) is 19.3 Å². The third-order valence-electron chi connectivity index (χ3n) is 5.11. The molecule has 3 aromatic rings. The van der Waals surface area contributed by atoms with Gasteiger partial charge in [0.2, 0.25) is 5.91 Å². The number of H-pyrrole nitrogens is 1. The van der Waals surface area contributed by atoms with Crippen molar-refractivity contribution < 1.29 is 9.18 Å². The molecule has 4 rings (SSSR count). The zero-order valence-electron chi connectivity index (χ0n) is 15.5. The summed E-state index contributed by atoms with van der Waals surface area (Å²) in [6.45, 7) is 0.727. The molecule has 0 saturated carbocycles. The molecule has 7 heteroatoms. The standard InChI is InChI=1S/C21H22FN5O/c22-17-5-3-4-16(10-17)18-13-25-21(26-18)19-6-1-2-9-27(19)20(28)8-7-15-11-23-14-24-12-15/h3-5,10-14,19H,1-2,6-9H2,(H,25,26). The summed E-state index contributed by atoms with van der Waals surface area (Å²) in [5, 5.41) is 0. The number of aromatic nitrogens is 4. The van der Waals surface area contributed by atoms with Gasteiger partial charge in [-0.1, -0.05) is 12.1 Å². The lowest BCUT2D eigenvalue weighted by Crippen LogP contribution is -2.39. The molecule has 3 heterocycles. The van der Waals surface area contributed by atoms with Gasteiger partial charge < -0.3 is 9.88 Å². The van der Waals surface area contributed by atoms with Crippen molar-refractivity contribution in [2.24, 2.45) is 0 Å². The Morgan fingerprint density at radius 3 is 2.89 bits per heavy atom. The van der Waals surface area contributed by atoms with Crippen LogP contribution in [0.4, 0.5) is 4.39 Å². The second kappa shape index (κ2) is 8.29. The number of aromatic amines is 1. The summed E-state index contributed by atoms with van der Waals surface area (Å²) in [6, 6.07) is 6.33. The van der Waals surface area contributed by atoms with Crippen molar-refractivity contribution in [2.75, 3.05) is 6.54 Å². The number of hydrogen-bond acceptors (Lipinski definition) is 4. The lowest BCUT2D eigenvalue weighted by atomic mass is 10.0.